The number of aryl methyl sites for hydroxylation is 2. The minimum atomic E-state index is -0.476. The number of likely N-dealkylation sites (tertiary alicyclic amines) is 4. The molecular weight excluding hydrogens is 949 g/mol. The molecule has 14 nitrogen and oxygen atoms in total. The third-order valence-electron chi connectivity index (χ3n) is 15.2. The number of nitrogens with one attached hydrogen (secondary N) is 1. The quantitative estimate of drug-likeness (QED) is 0.178. The molecule has 4 aromatic heterocycles. The summed E-state index contributed by atoms with van der Waals surface area (Å²) in [5.41, 5.74) is 8.45. The monoisotopic (exact) mass is 1040 g/mol. The van der Waals surface area contributed by atoms with E-state index in [0.717, 1.165) is 105 Å². The number of fused-ring (bicyclic) bond motifs is 2. The highest BCUT2D eigenvalue weighted by Crippen LogP contribution is 2.43. The molecule has 0 bridgehead atoms. The molecule has 0 unspecified atom stereocenters. The zero-order chi connectivity index (χ0) is 52.0. The van der Waals surface area contributed by atoms with Crippen molar-refractivity contribution in [2.24, 2.45) is 5.92 Å². The predicted octanol–water partition coefficient (Wildman–Crippen LogP) is 14.9. The Bertz CT molecular complexity index is 2740. The fourth-order valence-electron chi connectivity index (χ4n) is 11.2. The van der Waals surface area contributed by atoms with E-state index in [9.17, 15) is 9.59 Å². The molecule has 2 amide bonds. The van der Waals surface area contributed by atoms with E-state index in [1.807, 2.05) is 81.9 Å². The summed E-state index contributed by atoms with van der Waals surface area (Å²) < 4.78 is 13.4. The number of piperidine rings is 4. The van der Waals surface area contributed by atoms with Crippen molar-refractivity contribution in [3.05, 3.63) is 119 Å². The van der Waals surface area contributed by atoms with Crippen molar-refractivity contribution in [1.29, 1.82) is 0 Å². The molecule has 6 aromatic rings. The fraction of sp³-hybridized carbons (Fsp3) is 0.581. The van der Waals surface area contributed by atoms with Crippen LogP contribution in [-0.4, -0.2) is 113 Å². The summed E-state index contributed by atoms with van der Waals surface area (Å²) >= 11 is 0. The molecule has 4 aliphatic rings. The van der Waals surface area contributed by atoms with Gasteiger partial charge in [-0.2, -0.15) is 0 Å². The van der Waals surface area contributed by atoms with E-state index in [0.29, 0.717) is 31.2 Å². The Morgan fingerprint density at radius 3 is 1.54 bits per heavy atom. The van der Waals surface area contributed by atoms with Crippen LogP contribution in [0.25, 0.3) is 22.1 Å². The van der Waals surface area contributed by atoms with Crippen LogP contribution < -0.4 is 0 Å². The average Bonchev–Trinajstić information content (AvgIpc) is 3.97. The third-order valence-corrected chi connectivity index (χ3v) is 15.2. The van der Waals surface area contributed by atoms with Gasteiger partial charge in [0.05, 0.1) is 57.6 Å². The van der Waals surface area contributed by atoms with Gasteiger partial charge in [-0.05, 0) is 187 Å². The van der Waals surface area contributed by atoms with Crippen molar-refractivity contribution in [1.82, 2.24) is 49.1 Å². The minimum absolute atomic E-state index is 0. The zero-order valence-corrected chi connectivity index (χ0v) is 45.6. The molecule has 0 saturated carbocycles. The number of hydrogen-bond acceptors (Lipinski definition) is 10. The summed E-state index contributed by atoms with van der Waals surface area (Å²) in [6, 6.07) is 26.6. The van der Waals surface area contributed by atoms with E-state index < -0.39 is 5.60 Å². The first-order chi connectivity index (χ1) is 34.8. The molecule has 4 atom stereocenters. The van der Waals surface area contributed by atoms with Crippen LogP contribution in [0.15, 0.2) is 85.2 Å². The van der Waals surface area contributed by atoms with Gasteiger partial charge in [0.25, 0.3) is 0 Å². The lowest BCUT2D eigenvalue weighted by atomic mass is 9.91. The maximum Gasteiger partial charge on any atom is 0.410 e. The number of rotatable bonds is 5. The number of carbonyl (C=O) groups excluding carboxylic acids is 2. The maximum absolute atomic E-state index is 12.6. The molecule has 4 fully saturated rings. The lowest BCUT2D eigenvalue weighted by molar-refractivity contribution is 0.0177. The number of H-pyrrole nitrogens is 1. The molecule has 4 saturated heterocycles. The normalized spacial score (nSPS) is 20.9. The highest BCUT2D eigenvalue weighted by Gasteiger charge is 2.37. The maximum atomic E-state index is 12.6. The Morgan fingerprint density at radius 2 is 1.03 bits per heavy atom. The van der Waals surface area contributed by atoms with Gasteiger partial charge in [-0.3, -0.25) is 19.8 Å². The van der Waals surface area contributed by atoms with Crippen LogP contribution in [-0.2, 0) is 9.47 Å². The van der Waals surface area contributed by atoms with Gasteiger partial charge in [0.2, 0.25) is 0 Å². The van der Waals surface area contributed by atoms with Gasteiger partial charge >= 0.3 is 12.2 Å². The molecule has 0 aliphatic carbocycles. The first kappa shape index (κ1) is 61.0. The second-order valence-electron chi connectivity index (χ2n) is 23.0. The molecule has 0 radical (unpaired) electrons. The molecule has 2 aromatic carbocycles. The Balaban J connectivity index is 0.000000229. The Kier molecular flexibility index (Phi) is 21.2. The molecular formula is C62H94N10O4. The van der Waals surface area contributed by atoms with Gasteiger partial charge in [0, 0.05) is 44.6 Å². The Morgan fingerprint density at radius 1 is 0.566 bits per heavy atom. The summed E-state index contributed by atoms with van der Waals surface area (Å²) in [5.74, 6) is 2.97. The topological polar surface area (TPSA) is 138 Å². The van der Waals surface area contributed by atoms with E-state index in [4.69, 9.17) is 24.4 Å². The van der Waals surface area contributed by atoms with Gasteiger partial charge in [-0.15, -0.1) is 0 Å². The molecule has 1 N–H and O–H groups in total. The van der Waals surface area contributed by atoms with Crippen LogP contribution in [0.5, 0.6) is 0 Å². The second kappa shape index (κ2) is 26.5. The van der Waals surface area contributed by atoms with Crippen LogP contribution in [0, 0.1) is 19.8 Å². The van der Waals surface area contributed by atoms with Crippen molar-refractivity contribution < 1.29 is 19.1 Å². The van der Waals surface area contributed by atoms with Crippen molar-refractivity contribution in [3.8, 4) is 0 Å². The standard InChI is InChI=1S/C29H39N5O2.C19H22N4.C11H21NO2.3CH4/c1-20-10-9-17-30-26(20)24-13-8-14-25(32(24)5)27-31-22-11-6-7-12-23(22)34(27)21-15-18-33(19-16-21)28(35)36-29(2,3)4;1-13-7-6-12-20-18(13)16-10-5-11-17(23(16)2)19-21-14-8-3-4-9-15(14)22-19;1-9-5-7-12(8-6-9)10(13)14-11(2,3)4;;;/h6-7,9-12,17,21,24-25H,8,13-16,18-19H2,1-5H3;3-4,6-9,12,16-17H,5,10-11H2,1-2H3,(H,21,22);9H,5-8H2,1-4H3;3*1H4/t24-,25+;16-,17+;;;;/m00..../s1. The van der Waals surface area contributed by atoms with E-state index in [1.165, 1.54) is 34.5 Å². The molecule has 8 heterocycles. The molecule has 76 heavy (non-hydrogen) atoms. The van der Waals surface area contributed by atoms with Gasteiger partial charge in [0.15, 0.2) is 0 Å². The van der Waals surface area contributed by atoms with Crippen molar-refractivity contribution in [2.75, 3.05) is 40.3 Å². The number of carbonyl (C=O) groups is 2. The lowest BCUT2D eigenvalue weighted by Crippen LogP contribution is -2.42. The number of ether oxygens (including phenoxy) is 2. The van der Waals surface area contributed by atoms with Crippen LogP contribution >= 0.6 is 0 Å². The van der Waals surface area contributed by atoms with Crippen molar-refractivity contribution in [3.63, 3.8) is 0 Å². The van der Waals surface area contributed by atoms with Gasteiger partial charge in [0.1, 0.15) is 22.9 Å². The van der Waals surface area contributed by atoms with Crippen LogP contribution in [0.1, 0.15) is 199 Å². The van der Waals surface area contributed by atoms with Crippen LogP contribution in [0.3, 0.4) is 0 Å². The van der Waals surface area contributed by atoms with Crippen LogP contribution in [0.2, 0.25) is 0 Å². The number of para-hydroxylation sites is 4. The molecule has 4 aliphatic heterocycles. The number of pyridine rings is 2. The number of hydrogen-bond donors (Lipinski definition) is 1. The third kappa shape index (κ3) is 14.8. The lowest BCUT2D eigenvalue weighted by Gasteiger charge is -2.41. The number of nitrogens with zero attached hydrogens (tertiary/aromatic N) is 9. The predicted molar refractivity (Wildman–Crippen MR) is 310 cm³/mol. The van der Waals surface area contributed by atoms with Crippen LogP contribution in [0.4, 0.5) is 9.59 Å². The minimum Gasteiger partial charge on any atom is -0.444 e. The summed E-state index contributed by atoms with van der Waals surface area (Å²) in [6.45, 7) is 21.1. The molecule has 0 spiro atoms. The summed E-state index contributed by atoms with van der Waals surface area (Å²) in [7, 11) is 4.44. The average molecular weight is 1040 g/mol. The molecule has 14 heteroatoms. The SMILES string of the molecule is C.C.C.CC1CCN(C(=O)OC(C)(C)C)CC1.Cc1cccnc1[C@@H]1CCC[C@H](c2nc3ccccc3[nH]2)N1C.Cc1cccnc1[C@@H]1CCC[C@H](c2nc3ccccc3n2C2CCN(C(=O)OC(C)(C)C)CC2)N1C. The number of benzene rings is 2. The largest absolute Gasteiger partial charge is 0.444 e. The number of aromatic nitrogens is 6. The smallest absolute Gasteiger partial charge is 0.410 e. The van der Waals surface area contributed by atoms with E-state index in [2.05, 4.69) is 114 Å². The summed E-state index contributed by atoms with van der Waals surface area (Å²) in [5, 5.41) is 0. The summed E-state index contributed by atoms with van der Waals surface area (Å²) in [4.78, 5) is 55.8. The van der Waals surface area contributed by atoms with Gasteiger partial charge in [-0.25, -0.2) is 19.6 Å². The summed E-state index contributed by atoms with van der Waals surface area (Å²) in [6.07, 6.45) is 14.3. The van der Waals surface area contributed by atoms with Gasteiger partial charge in [-0.1, -0.05) is 65.6 Å². The van der Waals surface area contributed by atoms with E-state index >= 15 is 0 Å². The number of aromatic amines is 1. The first-order valence-electron chi connectivity index (χ1n) is 27.0. The Hall–Kier alpha value is -5.86. The van der Waals surface area contributed by atoms with Crippen molar-refractivity contribution >= 4 is 34.3 Å². The van der Waals surface area contributed by atoms with E-state index in [1.54, 1.807) is 0 Å². The fourth-order valence-corrected chi connectivity index (χ4v) is 11.2. The molecule has 416 valence electrons. The van der Waals surface area contributed by atoms with E-state index in [-0.39, 0.29) is 52.2 Å². The number of imidazole rings is 2. The first-order valence-corrected chi connectivity index (χ1v) is 27.0. The highest BCUT2D eigenvalue weighted by molar-refractivity contribution is 5.77. The van der Waals surface area contributed by atoms with Crippen molar-refractivity contribution in [2.45, 2.75) is 190 Å². The second-order valence-corrected chi connectivity index (χ2v) is 23.0. The highest BCUT2D eigenvalue weighted by atomic mass is 16.6. The van der Waals surface area contributed by atoms with Gasteiger partial charge < -0.3 is 28.8 Å². The Labute approximate surface area is 456 Å². The zero-order valence-electron chi connectivity index (χ0n) is 45.6. The molecule has 10 rings (SSSR count). The number of amides is 2.